The second-order valence-electron chi connectivity index (χ2n) is 5.96. The lowest BCUT2D eigenvalue weighted by Crippen LogP contribution is -2.37. The summed E-state index contributed by atoms with van der Waals surface area (Å²) in [5, 5.41) is 9.21. The average Bonchev–Trinajstić information content (AvgIpc) is 3.12. The molecule has 2 heterocycles. The SMILES string of the molecule is O=C(c1cc(F)c(O)c(F)c1)N(Cc1ccncc1)C[C@H]1CCCO1. The van der Waals surface area contributed by atoms with Crippen LogP contribution in [0.2, 0.25) is 0 Å². The zero-order valence-electron chi connectivity index (χ0n) is 13.5. The van der Waals surface area contributed by atoms with Crippen molar-refractivity contribution in [3.63, 3.8) is 0 Å². The number of nitrogens with zero attached hydrogens (tertiary/aromatic N) is 2. The smallest absolute Gasteiger partial charge is 0.254 e. The van der Waals surface area contributed by atoms with Crippen LogP contribution in [0.15, 0.2) is 36.7 Å². The maximum atomic E-state index is 13.6. The Hall–Kier alpha value is -2.54. The number of phenols is 1. The highest BCUT2D eigenvalue weighted by Gasteiger charge is 2.25. The van der Waals surface area contributed by atoms with Gasteiger partial charge in [-0.15, -0.1) is 0 Å². The summed E-state index contributed by atoms with van der Waals surface area (Å²) in [6, 6.07) is 5.23. The fourth-order valence-electron chi connectivity index (χ4n) is 2.83. The Morgan fingerprint density at radius 3 is 2.56 bits per heavy atom. The van der Waals surface area contributed by atoms with Crippen molar-refractivity contribution in [3.05, 3.63) is 59.4 Å². The first-order valence-electron chi connectivity index (χ1n) is 8.02. The highest BCUT2D eigenvalue weighted by Crippen LogP contribution is 2.23. The monoisotopic (exact) mass is 348 g/mol. The van der Waals surface area contributed by atoms with Crippen molar-refractivity contribution in [2.24, 2.45) is 0 Å². The first-order chi connectivity index (χ1) is 12.0. The van der Waals surface area contributed by atoms with Crippen LogP contribution in [0.1, 0.15) is 28.8 Å². The van der Waals surface area contributed by atoms with Crippen molar-refractivity contribution in [1.82, 2.24) is 9.88 Å². The van der Waals surface area contributed by atoms with Crippen LogP contribution < -0.4 is 0 Å². The quantitative estimate of drug-likeness (QED) is 0.902. The molecule has 2 aromatic rings. The largest absolute Gasteiger partial charge is 0.503 e. The minimum atomic E-state index is -1.16. The van der Waals surface area contributed by atoms with E-state index in [4.69, 9.17) is 4.74 Å². The molecule has 1 aliphatic rings. The molecule has 1 saturated heterocycles. The van der Waals surface area contributed by atoms with Crippen LogP contribution in [0.4, 0.5) is 8.78 Å². The summed E-state index contributed by atoms with van der Waals surface area (Å²) in [4.78, 5) is 18.2. The summed E-state index contributed by atoms with van der Waals surface area (Å²) in [6.07, 6.45) is 4.88. The maximum Gasteiger partial charge on any atom is 0.254 e. The zero-order chi connectivity index (χ0) is 17.8. The topological polar surface area (TPSA) is 62.7 Å². The molecule has 7 heteroatoms. The number of hydrogen-bond acceptors (Lipinski definition) is 4. The number of rotatable bonds is 5. The highest BCUT2D eigenvalue weighted by atomic mass is 19.1. The van der Waals surface area contributed by atoms with Gasteiger partial charge in [0.15, 0.2) is 17.4 Å². The number of hydrogen-bond donors (Lipinski definition) is 1. The van der Waals surface area contributed by atoms with Crippen LogP contribution in [0.25, 0.3) is 0 Å². The first kappa shape index (κ1) is 17.3. The molecule has 0 aliphatic carbocycles. The molecule has 25 heavy (non-hydrogen) atoms. The van der Waals surface area contributed by atoms with Gasteiger partial charge >= 0.3 is 0 Å². The molecule has 0 saturated carbocycles. The van der Waals surface area contributed by atoms with Crippen LogP contribution in [0.3, 0.4) is 0 Å². The van der Waals surface area contributed by atoms with Gasteiger partial charge in [0.25, 0.3) is 5.91 Å². The molecule has 0 radical (unpaired) electrons. The van der Waals surface area contributed by atoms with Gasteiger partial charge in [0.05, 0.1) is 6.10 Å². The number of amides is 1. The third-order valence-corrected chi connectivity index (χ3v) is 4.12. The average molecular weight is 348 g/mol. The summed E-state index contributed by atoms with van der Waals surface area (Å²) >= 11 is 0. The highest BCUT2D eigenvalue weighted by molar-refractivity contribution is 5.94. The Morgan fingerprint density at radius 2 is 1.96 bits per heavy atom. The molecule has 3 rings (SSSR count). The zero-order valence-corrected chi connectivity index (χ0v) is 13.5. The first-order valence-corrected chi connectivity index (χ1v) is 8.02. The second-order valence-corrected chi connectivity index (χ2v) is 5.96. The van der Waals surface area contributed by atoms with E-state index in [2.05, 4.69) is 4.98 Å². The molecular formula is C18H18F2N2O3. The van der Waals surface area contributed by atoms with E-state index in [0.717, 1.165) is 30.5 Å². The molecular weight excluding hydrogens is 330 g/mol. The van der Waals surface area contributed by atoms with E-state index in [1.165, 1.54) is 4.90 Å². The Kier molecular flexibility index (Phi) is 5.23. The molecule has 0 bridgehead atoms. The summed E-state index contributed by atoms with van der Waals surface area (Å²) in [5.74, 6) is -3.94. The molecule has 0 spiro atoms. The fraction of sp³-hybridized carbons (Fsp3) is 0.333. The van der Waals surface area contributed by atoms with Crippen molar-refractivity contribution >= 4 is 5.91 Å². The lowest BCUT2D eigenvalue weighted by molar-refractivity contribution is 0.0506. The molecule has 5 nitrogen and oxygen atoms in total. The number of ether oxygens (including phenoxy) is 1. The van der Waals surface area contributed by atoms with Crippen molar-refractivity contribution < 1.29 is 23.4 Å². The summed E-state index contributed by atoms with van der Waals surface area (Å²) in [5.41, 5.74) is 0.695. The van der Waals surface area contributed by atoms with Crippen molar-refractivity contribution in [1.29, 1.82) is 0 Å². The van der Waals surface area contributed by atoms with Gasteiger partial charge in [-0.3, -0.25) is 9.78 Å². The van der Waals surface area contributed by atoms with Crippen molar-refractivity contribution in [2.75, 3.05) is 13.2 Å². The van der Waals surface area contributed by atoms with Gasteiger partial charge in [-0.1, -0.05) is 0 Å². The summed E-state index contributed by atoms with van der Waals surface area (Å²) in [6.45, 7) is 1.24. The Labute approximate surface area is 143 Å². The predicted molar refractivity (Wildman–Crippen MR) is 86.0 cm³/mol. The Bertz CT molecular complexity index is 726. The van der Waals surface area contributed by atoms with Crippen molar-refractivity contribution in [3.8, 4) is 5.75 Å². The van der Waals surface area contributed by atoms with Crippen LogP contribution in [-0.2, 0) is 11.3 Å². The van der Waals surface area contributed by atoms with E-state index in [0.29, 0.717) is 13.2 Å². The van der Waals surface area contributed by atoms with E-state index in [9.17, 15) is 18.7 Å². The van der Waals surface area contributed by atoms with Crippen LogP contribution in [0, 0.1) is 11.6 Å². The fourth-order valence-corrected chi connectivity index (χ4v) is 2.83. The number of halogens is 2. The maximum absolute atomic E-state index is 13.6. The van der Waals surface area contributed by atoms with Crippen LogP contribution in [-0.4, -0.2) is 40.2 Å². The number of benzene rings is 1. The molecule has 1 amide bonds. The second kappa shape index (κ2) is 7.57. The molecule has 1 aliphatic heterocycles. The van der Waals surface area contributed by atoms with Crippen LogP contribution in [0.5, 0.6) is 5.75 Å². The van der Waals surface area contributed by atoms with Gasteiger partial charge < -0.3 is 14.7 Å². The summed E-state index contributed by atoms with van der Waals surface area (Å²) < 4.78 is 32.8. The minimum Gasteiger partial charge on any atom is -0.503 e. The number of carbonyl (C=O) groups is 1. The molecule has 1 aromatic heterocycles. The van der Waals surface area contributed by atoms with Gasteiger partial charge in [-0.2, -0.15) is 0 Å². The van der Waals surface area contributed by atoms with Gasteiger partial charge in [0.1, 0.15) is 0 Å². The number of carbonyl (C=O) groups excluding carboxylic acids is 1. The lowest BCUT2D eigenvalue weighted by Gasteiger charge is -2.26. The van der Waals surface area contributed by atoms with Gasteiger partial charge in [0, 0.05) is 37.7 Å². The van der Waals surface area contributed by atoms with E-state index >= 15 is 0 Å². The normalized spacial score (nSPS) is 16.8. The third kappa shape index (κ3) is 4.11. The van der Waals surface area contributed by atoms with Crippen LogP contribution >= 0.6 is 0 Å². The van der Waals surface area contributed by atoms with E-state index in [-0.39, 0.29) is 18.2 Å². The lowest BCUT2D eigenvalue weighted by atomic mass is 10.1. The minimum absolute atomic E-state index is 0.0994. The van der Waals surface area contributed by atoms with Gasteiger partial charge in [-0.25, -0.2) is 8.78 Å². The molecule has 132 valence electrons. The molecule has 1 aromatic carbocycles. The van der Waals surface area contributed by atoms with Gasteiger partial charge in [-0.05, 0) is 42.7 Å². The van der Waals surface area contributed by atoms with E-state index in [1.807, 2.05) is 0 Å². The number of phenolic OH excluding ortho intramolecular Hbond substituents is 1. The molecule has 1 N–H and O–H groups in total. The molecule has 1 fully saturated rings. The van der Waals surface area contributed by atoms with E-state index in [1.54, 1.807) is 24.5 Å². The summed E-state index contributed by atoms with van der Waals surface area (Å²) in [7, 11) is 0. The molecule has 1 atom stereocenters. The number of aromatic hydroxyl groups is 1. The van der Waals surface area contributed by atoms with E-state index < -0.39 is 23.3 Å². The Balaban J connectivity index is 1.85. The molecule has 0 unspecified atom stereocenters. The van der Waals surface area contributed by atoms with Crippen molar-refractivity contribution in [2.45, 2.75) is 25.5 Å². The third-order valence-electron chi connectivity index (χ3n) is 4.12. The Morgan fingerprint density at radius 1 is 1.28 bits per heavy atom. The number of pyridine rings is 1. The standard InChI is InChI=1S/C18H18F2N2O3/c19-15-8-13(9-16(20)17(15)23)18(24)22(11-14-2-1-7-25-14)10-12-3-5-21-6-4-12/h3-6,8-9,14,23H,1-2,7,10-11H2/t14-/m1/s1. The number of aromatic nitrogens is 1. The van der Waals surface area contributed by atoms with Gasteiger partial charge in [0.2, 0.25) is 0 Å². The predicted octanol–water partition coefficient (Wildman–Crippen LogP) is 2.89.